The van der Waals surface area contributed by atoms with E-state index in [1.165, 1.54) is 28.5 Å². The Bertz CT molecular complexity index is 1110. The van der Waals surface area contributed by atoms with E-state index in [9.17, 15) is 0 Å². The lowest BCUT2D eigenvalue weighted by Crippen LogP contribution is -2.44. The first-order valence-electron chi connectivity index (χ1n) is 11.3. The van der Waals surface area contributed by atoms with Crippen molar-refractivity contribution in [2.45, 2.75) is 59.4 Å². The molecule has 0 atom stereocenters. The molecule has 3 rings (SSSR count). The Morgan fingerprint density at radius 2 is 1.58 bits per heavy atom. The zero-order valence-electron chi connectivity index (χ0n) is 20.8. The first-order valence-corrected chi connectivity index (χ1v) is 14.2. The average molecular weight is 462 g/mol. The van der Waals surface area contributed by atoms with Crippen LogP contribution >= 0.6 is 0 Å². The van der Waals surface area contributed by atoms with Gasteiger partial charge in [0.25, 0.3) is 0 Å². The minimum absolute atomic E-state index is 0.0977. The Labute approximate surface area is 199 Å². The molecule has 0 heterocycles. The molecule has 4 nitrogen and oxygen atoms in total. The molecule has 0 aliphatic heterocycles. The maximum atomic E-state index is 8.71. The third-order valence-electron chi connectivity index (χ3n) is 6.48. The fraction of sp³-hybridized carbons (Fsp3) is 0.321. The Kier molecular flexibility index (Phi) is 7.33. The number of oxime groups is 1. The van der Waals surface area contributed by atoms with Crippen LogP contribution in [-0.4, -0.2) is 19.7 Å². The zero-order chi connectivity index (χ0) is 24.2. The van der Waals surface area contributed by atoms with Crippen molar-refractivity contribution >= 4 is 14.5 Å². The van der Waals surface area contributed by atoms with E-state index in [2.05, 4.69) is 89.3 Å². The number of hydrogen-bond donors (Lipinski definition) is 1. The van der Waals surface area contributed by atoms with Crippen LogP contribution in [-0.2, 0) is 6.61 Å². The number of ether oxygens (including phenoxy) is 1. The van der Waals surface area contributed by atoms with Gasteiger partial charge in [-0.3, -0.25) is 0 Å². The monoisotopic (exact) mass is 461 g/mol. The van der Waals surface area contributed by atoms with Crippen molar-refractivity contribution in [3.63, 3.8) is 0 Å². The lowest BCUT2D eigenvalue weighted by atomic mass is 9.94. The average Bonchev–Trinajstić information content (AvgIpc) is 2.74. The Morgan fingerprint density at radius 3 is 2.15 bits per heavy atom. The van der Waals surface area contributed by atoms with Crippen molar-refractivity contribution in [1.82, 2.24) is 0 Å². The summed E-state index contributed by atoms with van der Waals surface area (Å²) in [6, 6.07) is 20.3. The summed E-state index contributed by atoms with van der Waals surface area (Å²) in [7, 11) is -2.01. The largest absolute Gasteiger partial charge is 0.543 e. The molecule has 0 bridgehead atoms. The number of aryl methyl sites for hydroxylation is 2. The van der Waals surface area contributed by atoms with Gasteiger partial charge in [0, 0.05) is 5.56 Å². The van der Waals surface area contributed by atoms with Crippen LogP contribution in [0.2, 0.25) is 18.1 Å². The van der Waals surface area contributed by atoms with Crippen molar-refractivity contribution in [1.29, 1.82) is 0 Å². The van der Waals surface area contributed by atoms with Crippen molar-refractivity contribution < 1.29 is 14.4 Å². The van der Waals surface area contributed by atoms with E-state index in [1.807, 2.05) is 24.3 Å². The Morgan fingerprint density at radius 1 is 0.939 bits per heavy atom. The normalized spacial score (nSPS) is 12.2. The van der Waals surface area contributed by atoms with Crippen LogP contribution in [0.25, 0.3) is 11.1 Å². The van der Waals surface area contributed by atoms with Gasteiger partial charge >= 0.3 is 0 Å². The molecule has 0 spiro atoms. The van der Waals surface area contributed by atoms with Crippen LogP contribution in [0.4, 0.5) is 0 Å². The molecule has 33 heavy (non-hydrogen) atoms. The molecule has 0 radical (unpaired) electrons. The summed E-state index contributed by atoms with van der Waals surface area (Å²) in [6.45, 7) is 16.0. The van der Waals surface area contributed by atoms with Crippen LogP contribution in [0.15, 0.2) is 65.8 Å². The Hall–Kier alpha value is -3.05. The summed E-state index contributed by atoms with van der Waals surface area (Å²) in [4.78, 5) is 0. The lowest BCUT2D eigenvalue weighted by molar-refractivity contribution is 0.301. The smallest absolute Gasteiger partial charge is 0.250 e. The first-order chi connectivity index (χ1) is 15.5. The summed E-state index contributed by atoms with van der Waals surface area (Å²) >= 11 is 0. The second-order valence-corrected chi connectivity index (χ2v) is 14.8. The zero-order valence-corrected chi connectivity index (χ0v) is 21.8. The van der Waals surface area contributed by atoms with Crippen LogP contribution < -0.4 is 9.16 Å². The van der Waals surface area contributed by atoms with Crippen molar-refractivity contribution in [3.05, 3.63) is 82.9 Å². The minimum atomic E-state index is -2.01. The molecule has 0 saturated heterocycles. The van der Waals surface area contributed by atoms with E-state index in [0.29, 0.717) is 6.61 Å². The SMILES string of the molecule is Cc1cccc(C)c1-c1ccc(O[Si](C)(C)C(C)(C)C)c(COc2ccc(/C=N/O)cc2)c1. The predicted molar refractivity (Wildman–Crippen MR) is 139 cm³/mol. The fourth-order valence-electron chi connectivity index (χ4n) is 3.52. The van der Waals surface area contributed by atoms with Gasteiger partial charge in [-0.25, -0.2) is 0 Å². The molecule has 5 heteroatoms. The van der Waals surface area contributed by atoms with Crippen molar-refractivity contribution in [2.75, 3.05) is 0 Å². The minimum Gasteiger partial charge on any atom is -0.543 e. The van der Waals surface area contributed by atoms with Gasteiger partial charge in [-0.05, 0) is 96.2 Å². The predicted octanol–water partition coefficient (Wildman–Crippen LogP) is 7.74. The van der Waals surface area contributed by atoms with Crippen LogP contribution in [0.1, 0.15) is 43.0 Å². The molecule has 0 unspecified atom stereocenters. The molecule has 3 aromatic rings. The fourth-order valence-corrected chi connectivity index (χ4v) is 4.58. The third-order valence-corrected chi connectivity index (χ3v) is 10.8. The highest BCUT2D eigenvalue weighted by molar-refractivity contribution is 6.74. The number of benzene rings is 3. The van der Waals surface area contributed by atoms with Crippen LogP contribution in [0.5, 0.6) is 11.5 Å². The van der Waals surface area contributed by atoms with Gasteiger partial charge < -0.3 is 14.4 Å². The summed E-state index contributed by atoms with van der Waals surface area (Å²) in [5, 5.41) is 11.9. The summed E-state index contributed by atoms with van der Waals surface area (Å²) in [6.07, 6.45) is 1.39. The second kappa shape index (κ2) is 9.83. The molecule has 3 aromatic carbocycles. The molecule has 1 N–H and O–H groups in total. The second-order valence-electron chi connectivity index (χ2n) is 10.1. The molecular formula is C28H35NO3Si. The molecule has 0 aliphatic rings. The van der Waals surface area contributed by atoms with Crippen LogP contribution in [0, 0.1) is 13.8 Å². The molecule has 0 aliphatic carbocycles. The van der Waals surface area contributed by atoms with E-state index >= 15 is 0 Å². The standard InChI is InChI=1S/C28H35NO3Si/c1-20-9-8-10-21(2)27(20)23-13-16-26(32-33(6,7)28(3,4)5)24(17-23)19-31-25-14-11-22(12-15-25)18-29-30/h8-18,30H,19H2,1-7H3/b29-18+. The first kappa shape index (κ1) is 24.6. The summed E-state index contributed by atoms with van der Waals surface area (Å²) in [5.41, 5.74) is 6.76. The van der Waals surface area contributed by atoms with Gasteiger partial charge in [0.15, 0.2) is 0 Å². The topological polar surface area (TPSA) is 51.0 Å². The van der Waals surface area contributed by atoms with Gasteiger partial charge in [0.2, 0.25) is 8.32 Å². The van der Waals surface area contributed by atoms with E-state index in [0.717, 1.165) is 22.6 Å². The Balaban J connectivity index is 1.97. The summed E-state index contributed by atoms with van der Waals surface area (Å²) < 4.78 is 12.8. The maximum Gasteiger partial charge on any atom is 0.250 e. The molecule has 0 aromatic heterocycles. The molecule has 174 valence electrons. The van der Waals surface area contributed by atoms with Gasteiger partial charge in [-0.1, -0.05) is 50.2 Å². The molecule has 0 fully saturated rings. The third kappa shape index (κ3) is 5.85. The number of hydrogen-bond acceptors (Lipinski definition) is 4. The van der Waals surface area contributed by atoms with Gasteiger partial charge in [0.05, 0.1) is 6.21 Å². The van der Waals surface area contributed by atoms with E-state index in [4.69, 9.17) is 14.4 Å². The number of rotatable bonds is 7. The van der Waals surface area contributed by atoms with E-state index in [1.54, 1.807) is 0 Å². The summed E-state index contributed by atoms with van der Waals surface area (Å²) in [5.74, 6) is 1.64. The molecular weight excluding hydrogens is 426 g/mol. The molecule has 0 amide bonds. The maximum absolute atomic E-state index is 8.71. The van der Waals surface area contributed by atoms with Crippen LogP contribution in [0.3, 0.4) is 0 Å². The lowest BCUT2D eigenvalue weighted by Gasteiger charge is -2.37. The van der Waals surface area contributed by atoms with E-state index in [-0.39, 0.29) is 5.04 Å². The number of nitrogens with zero attached hydrogens (tertiary/aromatic N) is 1. The quantitative estimate of drug-likeness (QED) is 0.169. The highest BCUT2D eigenvalue weighted by Gasteiger charge is 2.39. The van der Waals surface area contributed by atoms with E-state index < -0.39 is 8.32 Å². The molecule has 0 saturated carbocycles. The van der Waals surface area contributed by atoms with Gasteiger partial charge in [0.1, 0.15) is 18.1 Å². The highest BCUT2D eigenvalue weighted by Crippen LogP contribution is 2.39. The van der Waals surface area contributed by atoms with Gasteiger partial charge in [-0.15, -0.1) is 0 Å². The van der Waals surface area contributed by atoms with Crippen molar-refractivity contribution in [3.8, 4) is 22.6 Å². The van der Waals surface area contributed by atoms with Crippen molar-refractivity contribution in [2.24, 2.45) is 5.16 Å². The highest BCUT2D eigenvalue weighted by atomic mass is 28.4. The van der Waals surface area contributed by atoms with Gasteiger partial charge in [-0.2, -0.15) is 0 Å².